The van der Waals surface area contributed by atoms with Crippen LogP contribution in [0.5, 0.6) is 5.75 Å². The van der Waals surface area contributed by atoms with Gasteiger partial charge >= 0.3 is 0 Å². The van der Waals surface area contributed by atoms with Gasteiger partial charge in [-0.1, -0.05) is 37.8 Å². The van der Waals surface area contributed by atoms with Crippen LogP contribution < -0.4 is 14.7 Å². The van der Waals surface area contributed by atoms with Crippen LogP contribution in [-0.2, 0) is 14.3 Å². The molecule has 2 aliphatic rings. The smallest absolute Gasteiger partial charge is 0.295 e. The minimum atomic E-state index is -0.699. The van der Waals surface area contributed by atoms with E-state index in [1.807, 2.05) is 17.5 Å². The van der Waals surface area contributed by atoms with Crippen molar-refractivity contribution in [1.82, 2.24) is 4.90 Å². The number of Topliss-reactive ketones (excluding diaryl/α,β-unsaturated/α-hetero) is 1. The number of amides is 1. The van der Waals surface area contributed by atoms with Gasteiger partial charge in [-0.3, -0.25) is 9.59 Å². The fourth-order valence-corrected chi connectivity index (χ4v) is 5.00. The summed E-state index contributed by atoms with van der Waals surface area (Å²) in [7, 11) is 0. The molecule has 0 saturated carbocycles. The highest BCUT2D eigenvalue weighted by Gasteiger charge is 2.44. The minimum Gasteiger partial charge on any atom is -0.872 e. The Morgan fingerprint density at radius 1 is 1.21 bits per heavy atom. The standard InChI is InChI=1S/C25H30N2O5S/c1-17(2)16-32-19-7-5-18(6-8-19)23(28)21-22(20-4-3-15-33-20)27(25(30)24(21)29)10-9-26-11-13-31-14-12-26/h3-8,15,17,22,28H,9-14,16H2,1-2H3. The Bertz CT molecular complexity index is 994. The lowest BCUT2D eigenvalue weighted by Crippen LogP contribution is -3.14. The van der Waals surface area contributed by atoms with E-state index in [-0.39, 0.29) is 5.57 Å². The van der Waals surface area contributed by atoms with Crippen LogP contribution in [0, 0.1) is 5.92 Å². The van der Waals surface area contributed by atoms with Gasteiger partial charge in [0.2, 0.25) is 5.78 Å². The first-order valence-electron chi connectivity index (χ1n) is 11.4. The second-order valence-electron chi connectivity index (χ2n) is 8.83. The van der Waals surface area contributed by atoms with E-state index in [1.54, 1.807) is 29.2 Å². The third-order valence-corrected chi connectivity index (χ3v) is 6.87. The van der Waals surface area contributed by atoms with E-state index in [9.17, 15) is 14.7 Å². The Morgan fingerprint density at radius 2 is 1.94 bits per heavy atom. The van der Waals surface area contributed by atoms with Gasteiger partial charge in [0.1, 0.15) is 18.8 Å². The summed E-state index contributed by atoms with van der Waals surface area (Å²) in [5.74, 6) is -0.634. The van der Waals surface area contributed by atoms with Crippen molar-refractivity contribution in [3.8, 4) is 5.75 Å². The number of hydrogen-bond donors (Lipinski definition) is 1. The summed E-state index contributed by atoms with van der Waals surface area (Å²) >= 11 is 1.45. The van der Waals surface area contributed by atoms with Crippen molar-refractivity contribution in [2.45, 2.75) is 19.9 Å². The molecule has 0 radical (unpaired) electrons. The number of likely N-dealkylation sites (tertiary alicyclic amines) is 1. The largest absolute Gasteiger partial charge is 0.872 e. The number of ether oxygens (including phenoxy) is 2. The fourth-order valence-electron chi connectivity index (χ4n) is 4.15. The van der Waals surface area contributed by atoms with Crippen LogP contribution in [0.25, 0.3) is 5.76 Å². The van der Waals surface area contributed by atoms with Crippen molar-refractivity contribution >= 4 is 28.8 Å². The van der Waals surface area contributed by atoms with E-state index < -0.39 is 23.5 Å². The number of carbonyl (C=O) groups is 2. The van der Waals surface area contributed by atoms with Crippen LogP contribution in [0.1, 0.15) is 30.3 Å². The van der Waals surface area contributed by atoms with Gasteiger partial charge in [-0.25, -0.2) is 0 Å². The number of nitrogens with one attached hydrogen (secondary N) is 1. The number of quaternary nitrogens is 1. The molecule has 1 atom stereocenters. The van der Waals surface area contributed by atoms with Gasteiger partial charge in [-0.2, -0.15) is 0 Å². The summed E-state index contributed by atoms with van der Waals surface area (Å²) in [6, 6.07) is 9.90. The van der Waals surface area contributed by atoms with Crippen LogP contribution in [0.3, 0.4) is 0 Å². The first kappa shape index (κ1) is 23.5. The predicted molar refractivity (Wildman–Crippen MR) is 124 cm³/mol. The van der Waals surface area contributed by atoms with Gasteiger partial charge in [0.15, 0.2) is 0 Å². The van der Waals surface area contributed by atoms with Crippen molar-refractivity contribution in [3.05, 3.63) is 57.8 Å². The van der Waals surface area contributed by atoms with Crippen LogP contribution in [-0.4, -0.2) is 62.6 Å². The van der Waals surface area contributed by atoms with Crippen LogP contribution >= 0.6 is 11.3 Å². The van der Waals surface area contributed by atoms with Gasteiger partial charge in [-0.05, 0) is 35.1 Å². The molecule has 1 amide bonds. The van der Waals surface area contributed by atoms with Gasteiger partial charge < -0.3 is 24.4 Å². The third kappa shape index (κ3) is 5.29. The van der Waals surface area contributed by atoms with Crippen molar-refractivity contribution < 1.29 is 29.1 Å². The van der Waals surface area contributed by atoms with E-state index in [2.05, 4.69) is 13.8 Å². The Kier molecular flexibility index (Phi) is 7.47. The van der Waals surface area contributed by atoms with Crippen molar-refractivity contribution in [2.24, 2.45) is 5.92 Å². The molecule has 2 aliphatic heterocycles. The van der Waals surface area contributed by atoms with E-state index in [4.69, 9.17) is 9.47 Å². The molecule has 1 aromatic carbocycles. The lowest BCUT2D eigenvalue weighted by atomic mass is 10.00. The number of rotatable bonds is 8. The molecule has 0 spiro atoms. The van der Waals surface area contributed by atoms with Crippen LogP contribution in [0.15, 0.2) is 47.4 Å². The Labute approximate surface area is 198 Å². The zero-order chi connectivity index (χ0) is 23.4. The summed E-state index contributed by atoms with van der Waals surface area (Å²) in [6.07, 6.45) is 0. The lowest BCUT2D eigenvalue weighted by molar-refractivity contribution is -0.907. The Morgan fingerprint density at radius 3 is 2.58 bits per heavy atom. The van der Waals surface area contributed by atoms with Gasteiger partial charge in [0.05, 0.1) is 39.0 Å². The molecule has 1 N–H and O–H groups in total. The SMILES string of the molecule is CC(C)COc1ccc(C([O-])=C2C(=O)C(=O)N(CC[NH+]3CCOCC3)C2c2cccs2)cc1. The van der Waals surface area contributed by atoms with Crippen molar-refractivity contribution in [3.63, 3.8) is 0 Å². The fraction of sp³-hybridized carbons (Fsp3) is 0.440. The summed E-state index contributed by atoms with van der Waals surface area (Å²) in [5.41, 5.74) is 0.417. The topological polar surface area (TPSA) is 83.3 Å². The number of thiophene rings is 1. The molecule has 0 bridgehead atoms. The molecule has 1 aromatic heterocycles. The normalized spacial score (nSPS) is 21.2. The summed E-state index contributed by atoms with van der Waals surface area (Å²) in [6.45, 7) is 8.99. The molecule has 7 nitrogen and oxygen atoms in total. The van der Waals surface area contributed by atoms with Gasteiger partial charge in [0, 0.05) is 10.5 Å². The molecule has 4 rings (SSSR count). The molecule has 2 aromatic rings. The highest BCUT2D eigenvalue weighted by Crippen LogP contribution is 2.40. The molecule has 33 heavy (non-hydrogen) atoms. The zero-order valence-electron chi connectivity index (χ0n) is 19.0. The number of nitrogens with zero attached hydrogens (tertiary/aromatic N) is 1. The maximum atomic E-state index is 13.4. The number of hydrogen-bond acceptors (Lipinski definition) is 6. The van der Waals surface area contributed by atoms with E-state index >= 15 is 0 Å². The number of benzene rings is 1. The monoisotopic (exact) mass is 470 g/mol. The summed E-state index contributed by atoms with van der Waals surface area (Å²) in [5, 5.41) is 15.3. The van der Waals surface area contributed by atoms with Crippen LogP contribution in [0.2, 0.25) is 0 Å². The van der Waals surface area contributed by atoms with Crippen LogP contribution in [0.4, 0.5) is 0 Å². The second-order valence-corrected chi connectivity index (χ2v) is 9.81. The number of ketones is 1. The predicted octanol–water partition coefficient (Wildman–Crippen LogP) is 0.922. The first-order valence-corrected chi connectivity index (χ1v) is 12.3. The molecule has 8 heteroatoms. The molecule has 176 valence electrons. The molecule has 1 unspecified atom stereocenters. The quantitative estimate of drug-likeness (QED) is 0.353. The summed E-state index contributed by atoms with van der Waals surface area (Å²) in [4.78, 5) is 29.8. The minimum absolute atomic E-state index is 0.0373. The van der Waals surface area contributed by atoms with Gasteiger partial charge in [0.25, 0.3) is 5.91 Å². The first-order chi connectivity index (χ1) is 16.0. The highest BCUT2D eigenvalue weighted by molar-refractivity contribution is 7.10. The van der Waals surface area contributed by atoms with Gasteiger partial charge in [-0.15, -0.1) is 11.3 Å². The molecular formula is C25H30N2O5S. The maximum Gasteiger partial charge on any atom is 0.295 e. The Balaban J connectivity index is 1.61. The third-order valence-electron chi connectivity index (χ3n) is 5.95. The molecule has 2 saturated heterocycles. The highest BCUT2D eigenvalue weighted by atomic mass is 32.1. The lowest BCUT2D eigenvalue weighted by Gasteiger charge is -2.29. The average molecular weight is 471 g/mol. The van der Waals surface area contributed by atoms with E-state index in [0.29, 0.717) is 50.1 Å². The van der Waals surface area contributed by atoms with Crippen molar-refractivity contribution in [2.75, 3.05) is 46.0 Å². The van der Waals surface area contributed by atoms with E-state index in [1.165, 1.54) is 16.2 Å². The maximum absolute atomic E-state index is 13.4. The molecule has 3 heterocycles. The molecule has 0 aliphatic carbocycles. The Hall–Kier alpha value is -2.68. The van der Waals surface area contributed by atoms with E-state index in [0.717, 1.165) is 18.0 Å². The average Bonchev–Trinajstić information content (AvgIpc) is 3.44. The number of carbonyl (C=O) groups excluding carboxylic acids is 2. The number of morpholine rings is 1. The van der Waals surface area contributed by atoms with Crippen molar-refractivity contribution in [1.29, 1.82) is 0 Å². The molecular weight excluding hydrogens is 440 g/mol. The summed E-state index contributed by atoms with van der Waals surface area (Å²) < 4.78 is 11.1. The zero-order valence-corrected chi connectivity index (χ0v) is 19.9. The molecule has 2 fully saturated rings. The second kappa shape index (κ2) is 10.5.